The zero-order valence-electron chi connectivity index (χ0n) is 15.7. The molecule has 0 saturated heterocycles. The van der Waals surface area contributed by atoms with Crippen LogP contribution in [0.5, 0.6) is 11.5 Å². The van der Waals surface area contributed by atoms with Gasteiger partial charge in [0.25, 0.3) is 10.0 Å². The number of rotatable bonds is 7. The number of esters is 1. The lowest BCUT2D eigenvalue weighted by Gasteiger charge is -2.19. The molecule has 3 rings (SSSR count). The van der Waals surface area contributed by atoms with Crippen molar-refractivity contribution < 1.29 is 31.5 Å². The van der Waals surface area contributed by atoms with Crippen molar-refractivity contribution in [3.63, 3.8) is 0 Å². The molecule has 0 unspecified atom stereocenters. The summed E-state index contributed by atoms with van der Waals surface area (Å²) in [6.45, 7) is -2.95. The quantitative estimate of drug-likeness (QED) is 0.410. The predicted molar refractivity (Wildman–Crippen MR) is 107 cm³/mol. The van der Waals surface area contributed by atoms with E-state index >= 15 is 0 Å². The van der Waals surface area contributed by atoms with Crippen molar-refractivity contribution in [2.75, 3.05) is 11.4 Å². The Morgan fingerprint density at radius 3 is 2.00 bits per heavy atom. The molecule has 6 nitrogen and oxygen atoms in total. The summed E-state index contributed by atoms with van der Waals surface area (Å²) in [6, 6.07) is 19.0. The number of sulfonamides is 1. The van der Waals surface area contributed by atoms with E-state index in [4.69, 9.17) is 4.74 Å². The van der Waals surface area contributed by atoms with Gasteiger partial charge in [-0.1, -0.05) is 18.2 Å². The summed E-state index contributed by atoms with van der Waals surface area (Å²) >= 11 is 0. The van der Waals surface area contributed by atoms with Crippen LogP contribution in [0, 0.1) is 0 Å². The van der Waals surface area contributed by atoms with Gasteiger partial charge in [-0.15, -0.1) is 0 Å². The Bertz CT molecular complexity index is 1100. The van der Waals surface area contributed by atoms with E-state index < -0.39 is 22.6 Å². The summed E-state index contributed by atoms with van der Waals surface area (Å²) in [5.41, 5.74) is 0.525. The molecule has 0 spiro atoms. The normalized spacial score (nSPS) is 11.2. The SMILES string of the molecule is CN(c1ccc(OC(=O)c2ccc(OC(F)F)cc2)cc1)S(=O)(=O)c1ccccc1. The van der Waals surface area contributed by atoms with Crippen molar-refractivity contribution >= 4 is 21.7 Å². The Hall–Kier alpha value is -3.46. The molecule has 0 saturated carbocycles. The molecule has 0 aliphatic rings. The molecule has 0 atom stereocenters. The summed E-state index contributed by atoms with van der Waals surface area (Å²) in [4.78, 5) is 12.3. The Labute approximate surface area is 172 Å². The van der Waals surface area contributed by atoms with Crippen molar-refractivity contribution in [2.24, 2.45) is 0 Å². The van der Waals surface area contributed by atoms with Crippen LogP contribution in [-0.2, 0) is 10.0 Å². The number of nitrogens with zero attached hydrogens (tertiary/aromatic N) is 1. The molecule has 0 amide bonds. The summed E-state index contributed by atoms with van der Waals surface area (Å²) in [5, 5.41) is 0. The third kappa shape index (κ3) is 4.93. The van der Waals surface area contributed by atoms with Crippen molar-refractivity contribution in [1.29, 1.82) is 0 Å². The summed E-state index contributed by atoms with van der Waals surface area (Å²) in [7, 11) is -2.30. The predicted octanol–water partition coefficient (Wildman–Crippen LogP) is 4.33. The lowest BCUT2D eigenvalue weighted by molar-refractivity contribution is -0.0498. The van der Waals surface area contributed by atoms with E-state index in [1.54, 1.807) is 18.2 Å². The highest BCUT2D eigenvalue weighted by atomic mass is 32.2. The molecule has 0 fully saturated rings. The van der Waals surface area contributed by atoms with Crippen LogP contribution >= 0.6 is 0 Å². The van der Waals surface area contributed by atoms with Gasteiger partial charge in [-0.05, 0) is 60.7 Å². The lowest BCUT2D eigenvalue weighted by atomic mass is 10.2. The molecule has 0 aromatic heterocycles. The van der Waals surface area contributed by atoms with Crippen LogP contribution in [0.4, 0.5) is 14.5 Å². The van der Waals surface area contributed by atoms with E-state index in [2.05, 4.69) is 4.74 Å². The second-order valence-electron chi connectivity index (χ2n) is 6.07. The molecule has 0 aliphatic heterocycles. The average Bonchev–Trinajstić information content (AvgIpc) is 2.74. The maximum atomic E-state index is 12.7. The number of hydrogen-bond donors (Lipinski definition) is 0. The number of benzene rings is 3. The van der Waals surface area contributed by atoms with E-state index in [9.17, 15) is 22.0 Å². The van der Waals surface area contributed by atoms with Gasteiger partial charge in [0.2, 0.25) is 0 Å². The van der Waals surface area contributed by atoms with E-state index in [0.29, 0.717) is 5.69 Å². The van der Waals surface area contributed by atoms with Gasteiger partial charge in [0.15, 0.2) is 0 Å². The topological polar surface area (TPSA) is 72.9 Å². The highest BCUT2D eigenvalue weighted by Crippen LogP contribution is 2.25. The molecule has 0 aliphatic carbocycles. The van der Waals surface area contributed by atoms with Crippen LogP contribution in [0.15, 0.2) is 83.8 Å². The monoisotopic (exact) mass is 433 g/mol. The van der Waals surface area contributed by atoms with Gasteiger partial charge in [-0.3, -0.25) is 4.31 Å². The van der Waals surface area contributed by atoms with E-state index in [1.165, 1.54) is 67.7 Å². The third-order valence-electron chi connectivity index (χ3n) is 4.13. The largest absolute Gasteiger partial charge is 0.435 e. The molecule has 3 aromatic carbocycles. The number of carbonyl (C=O) groups excluding carboxylic acids is 1. The van der Waals surface area contributed by atoms with Gasteiger partial charge in [0, 0.05) is 7.05 Å². The van der Waals surface area contributed by atoms with Crippen molar-refractivity contribution in [3.05, 3.63) is 84.4 Å². The number of ether oxygens (including phenoxy) is 2. The molecule has 9 heteroatoms. The maximum Gasteiger partial charge on any atom is 0.387 e. The Morgan fingerprint density at radius 1 is 0.867 bits per heavy atom. The maximum absolute atomic E-state index is 12.7. The standard InChI is InChI=1S/C21H17F2NO5S/c1-24(30(26,27)19-5-3-2-4-6-19)16-9-13-17(14-10-16)28-20(25)15-7-11-18(12-8-15)29-21(22)23/h2-14,21H,1H3. The minimum Gasteiger partial charge on any atom is -0.435 e. The van der Waals surface area contributed by atoms with Crippen LogP contribution < -0.4 is 13.8 Å². The van der Waals surface area contributed by atoms with E-state index in [-0.39, 0.29) is 22.0 Å². The van der Waals surface area contributed by atoms with E-state index in [0.717, 1.165) is 4.31 Å². The fourth-order valence-corrected chi connectivity index (χ4v) is 3.77. The van der Waals surface area contributed by atoms with Gasteiger partial charge in [-0.2, -0.15) is 8.78 Å². The van der Waals surface area contributed by atoms with Crippen molar-refractivity contribution in [1.82, 2.24) is 0 Å². The van der Waals surface area contributed by atoms with Crippen molar-refractivity contribution in [2.45, 2.75) is 11.5 Å². The third-order valence-corrected chi connectivity index (χ3v) is 5.93. The van der Waals surface area contributed by atoms with Gasteiger partial charge in [0.05, 0.1) is 16.1 Å². The molecule has 0 bridgehead atoms. The first-order valence-corrected chi connectivity index (χ1v) is 10.1. The number of halogens is 2. The smallest absolute Gasteiger partial charge is 0.387 e. The first kappa shape index (κ1) is 21.3. The second-order valence-corrected chi connectivity index (χ2v) is 8.04. The Balaban J connectivity index is 1.69. The number of hydrogen-bond acceptors (Lipinski definition) is 5. The number of anilines is 1. The fraction of sp³-hybridized carbons (Fsp3) is 0.0952. The summed E-state index contributed by atoms with van der Waals surface area (Å²) in [6.07, 6.45) is 0. The van der Waals surface area contributed by atoms with E-state index in [1.807, 2.05) is 0 Å². The first-order chi connectivity index (χ1) is 14.3. The van der Waals surface area contributed by atoms with Crippen LogP contribution in [0.2, 0.25) is 0 Å². The zero-order valence-corrected chi connectivity index (χ0v) is 16.6. The van der Waals surface area contributed by atoms with Gasteiger partial charge < -0.3 is 9.47 Å². The van der Waals surface area contributed by atoms with Crippen LogP contribution in [0.3, 0.4) is 0 Å². The second kappa shape index (κ2) is 8.91. The molecule has 0 heterocycles. The molecule has 3 aromatic rings. The number of alkyl halides is 2. The van der Waals surface area contributed by atoms with Gasteiger partial charge >= 0.3 is 12.6 Å². The molecule has 0 radical (unpaired) electrons. The lowest BCUT2D eigenvalue weighted by Crippen LogP contribution is -2.26. The minimum atomic E-state index is -3.72. The molecular weight excluding hydrogens is 416 g/mol. The number of carbonyl (C=O) groups is 1. The van der Waals surface area contributed by atoms with Crippen LogP contribution in [0.1, 0.15) is 10.4 Å². The van der Waals surface area contributed by atoms with Crippen molar-refractivity contribution in [3.8, 4) is 11.5 Å². The van der Waals surface area contributed by atoms with Crippen LogP contribution in [0.25, 0.3) is 0 Å². The highest BCUT2D eigenvalue weighted by Gasteiger charge is 2.21. The molecule has 30 heavy (non-hydrogen) atoms. The highest BCUT2D eigenvalue weighted by molar-refractivity contribution is 7.92. The zero-order chi connectivity index (χ0) is 21.7. The summed E-state index contributed by atoms with van der Waals surface area (Å²) < 4.78 is 60.2. The fourth-order valence-electron chi connectivity index (χ4n) is 2.55. The van der Waals surface area contributed by atoms with Gasteiger partial charge in [0.1, 0.15) is 11.5 Å². The van der Waals surface area contributed by atoms with Gasteiger partial charge in [-0.25, -0.2) is 13.2 Å². The van der Waals surface area contributed by atoms with Crippen LogP contribution in [-0.4, -0.2) is 28.0 Å². The molecule has 0 N–H and O–H groups in total. The Morgan fingerprint density at radius 2 is 1.43 bits per heavy atom. The average molecular weight is 433 g/mol. The first-order valence-electron chi connectivity index (χ1n) is 8.68. The molecular formula is C21H17F2NO5S. The Kier molecular flexibility index (Phi) is 6.31. The molecule has 156 valence electrons. The minimum absolute atomic E-state index is 0.0754. The summed E-state index contributed by atoms with van der Waals surface area (Å²) in [5.74, 6) is -0.577.